The first-order valence-electron chi connectivity index (χ1n) is 11.1. The molecule has 0 bridgehead atoms. The van der Waals surface area contributed by atoms with Crippen LogP contribution in [0.2, 0.25) is 0 Å². The van der Waals surface area contributed by atoms with Crippen molar-refractivity contribution in [3.63, 3.8) is 0 Å². The number of carbonyl (C=O) groups excluding carboxylic acids is 2. The molecule has 4 aromatic rings. The molecule has 2 aromatic heterocycles. The second kappa shape index (κ2) is 8.35. The summed E-state index contributed by atoms with van der Waals surface area (Å²) in [5.41, 5.74) is 3.92. The van der Waals surface area contributed by atoms with Crippen LogP contribution in [-0.4, -0.2) is 55.8 Å². The molecule has 0 saturated heterocycles. The Morgan fingerprint density at radius 2 is 1.18 bits per heavy atom. The van der Waals surface area contributed by atoms with E-state index in [-0.39, 0.29) is 19.8 Å². The lowest BCUT2D eigenvalue weighted by Gasteiger charge is -2.12. The van der Waals surface area contributed by atoms with Crippen LogP contribution in [0.15, 0.2) is 60.9 Å². The number of para-hydroxylation sites is 2. The number of carbonyl (C=O) groups is 2. The molecule has 1 aliphatic heterocycles. The lowest BCUT2D eigenvalue weighted by molar-refractivity contribution is -0.136. The van der Waals surface area contributed by atoms with E-state index in [1.165, 1.54) is 0 Å². The van der Waals surface area contributed by atoms with Gasteiger partial charge >= 0.3 is 0 Å². The molecule has 0 radical (unpaired) electrons. The third-order valence-corrected chi connectivity index (χ3v) is 6.29. The molecule has 5 rings (SSSR count). The van der Waals surface area contributed by atoms with E-state index >= 15 is 0 Å². The SMILES string of the molecule is CCn1cc(C2=C(c3cn(CCO)c4ccccc34)C(=O)N(CCO)C2=O)c2ccccc21. The van der Waals surface area contributed by atoms with E-state index in [0.29, 0.717) is 28.8 Å². The van der Waals surface area contributed by atoms with E-state index < -0.39 is 11.8 Å². The predicted molar refractivity (Wildman–Crippen MR) is 127 cm³/mol. The lowest BCUT2D eigenvalue weighted by atomic mass is 9.95. The third kappa shape index (κ3) is 3.20. The van der Waals surface area contributed by atoms with Crippen molar-refractivity contribution in [2.45, 2.75) is 20.0 Å². The van der Waals surface area contributed by atoms with E-state index in [0.717, 1.165) is 33.3 Å². The largest absolute Gasteiger partial charge is 0.395 e. The smallest absolute Gasteiger partial charge is 0.262 e. The van der Waals surface area contributed by atoms with Crippen LogP contribution in [0.5, 0.6) is 0 Å². The summed E-state index contributed by atoms with van der Waals surface area (Å²) in [7, 11) is 0. The maximum absolute atomic E-state index is 13.6. The summed E-state index contributed by atoms with van der Waals surface area (Å²) in [6.07, 6.45) is 3.77. The molecule has 2 N–H and O–H groups in total. The molecule has 0 unspecified atom stereocenters. The molecule has 7 heteroatoms. The lowest BCUT2D eigenvalue weighted by Crippen LogP contribution is -2.34. The Hall–Kier alpha value is -3.68. The van der Waals surface area contributed by atoms with Gasteiger partial charge in [0.05, 0.1) is 30.9 Å². The number of amides is 2. The molecule has 2 aromatic carbocycles. The number of hydrogen-bond acceptors (Lipinski definition) is 4. The van der Waals surface area contributed by atoms with Gasteiger partial charge in [0.15, 0.2) is 0 Å². The van der Waals surface area contributed by atoms with Crippen LogP contribution in [0.4, 0.5) is 0 Å². The number of aliphatic hydroxyl groups excluding tert-OH is 2. The van der Waals surface area contributed by atoms with Crippen LogP contribution in [0.1, 0.15) is 18.1 Å². The molecular weight excluding hydrogens is 418 g/mol. The summed E-state index contributed by atoms with van der Waals surface area (Å²) in [5, 5.41) is 20.8. The summed E-state index contributed by atoms with van der Waals surface area (Å²) in [4.78, 5) is 28.3. The molecule has 0 spiro atoms. The number of nitrogens with zero attached hydrogens (tertiary/aromatic N) is 3. The summed E-state index contributed by atoms with van der Waals surface area (Å²) >= 11 is 0. The van der Waals surface area contributed by atoms with Gasteiger partial charge in [-0.3, -0.25) is 14.5 Å². The molecule has 33 heavy (non-hydrogen) atoms. The van der Waals surface area contributed by atoms with Gasteiger partial charge in [0.2, 0.25) is 0 Å². The Labute approximate surface area is 190 Å². The van der Waals surface area contributed by atoms with E-state index in [1.807, 2.05) is 72.4 Å². The molecular formula is C26H25N3O4. The van der Waals surface area contributed by atoms with Gasteiger partial charge in [0, 0.05) is 58.4 Å². The Morgan fingerprint density at radius 1 is 0.697 bits per heavy atom. The number of β-amino-alcohol motifs (C(OH)–C–C–N with tert-alkyl or cyclic N) is 1. The Morgan fingerprint density at radius 3 is 1.70 bits per heavy atom. The topological polar surface area (TPSA) is 87.7 Å². The van der Waals surface area contributed by atoms with Crippen LogP contribution in [0.3, 0.4) is 0 Å². The number of hydrogen-bond donors (Lipinski definition) is 2. The van der Waals surface area contributed by atoms with E-state index in [9.17, 15) is 19.8 Å². The predicted octanol–water partition coefficient (Wildman–Crippen LogP) is 2.88. The van der Waals surface area contributed by atoms with E-state index in [2.05, 4.69) is 4.57 Å². The first-order valence-corrected chi connectivity index (χ1v) is 11.1. The van der Waals surface area contributed by atoms with Crippen molar-refractivity contribution < 1.29 is 19.8 Å². The molecule has 0 saturated carbocycles. The van der Waals surface area contributed by atoms with Crippen molar-refractivity contribution in [3.05, 3.63) is 72.1 Å². The van der Waals surface area contributed by atoms with Crippen LogP contribution < -0.4 is 0 Å². The minimum atomic E-state index is -0.413. The third-order valence-electron chi connectivity index (χ3n) is 6.29. The van der Waals surface area contributed by atoms with E-state index in [1.54, 1.807) is 0 Å². The van der Waals surface area contributed by atoms with Gasteiger partial charge in [0.1, 0.15) is 0 Å². The monoisotopic (exact) mass is 443 g/mol. The second-order valence-corrected chi connectivity index (χ2v) is 8.06. The number of benzene rings is 2. The van der Waals surface area contributed by atoms with Gasteiger partial charge in [-0.25, -0.2) is 0 Å². The van der Waals surface area contributed by atoms with Crippen molar-refractivity contribution in [2.75, 3.05) is 19.8 Å². The zero-order chi connectivity index (χ0) is 23.1. The van der Waals surface area contributed by atoms with Crippen LogP contribution in [0, 0.1) is 0 Å². The van der Waals surface area contributed by atoms with Crippen LogP contribution in [0.25, 0.3) is 33.0 Å². The van der Waals surface area contributed by atoms with Gasteiger partial charge in [0.25, 0.3) is 11.8 Å². The highest BCUT2D eigenvalue weighted by Gasteiger charge is 2.41. The molecule has 0 aliphatic carbocycles. The average Bonchev–Trinajstić information content (AvgIpc) is 3.46. The maximum atomic E-state index is 13.6. The van der Waals surface area contributed by atoms with Crippen molar-refractivity contribution in [1.29, 1.82) is 0 Å². The normalized spacial score (nSPS) is 14.5. The zero-order valence-electron chi connectivity index (χ0n) is 18.4. The number of rotatable bonds is 7. The molecule has 168 valence electrons. The minimum Gasteiger partial charge on any atom is -0.395 e. The molecule has 1 aliphatic rings. The minimum absolute atomic E-state index is 0.0441. The van der Waals surface area contributed by atoms with Gasteiger partial charge in [-0.1, -0.05) is 36.4 Å². The van der Waals surface area contributed by atoms with Crippen molar-refractivity contribution in [2.24, 2.45) is 0 Å². The number of aryl methyl sites for hydroxylation is 1. The van der Waals surface area contributed by atoms with Crippen LogP contribution >= 0.6 is 0 Å². The fourth-order valence-electron chi connectivity index (χ4n) is 4.83. The summed E-state index contributed by atoms with van der Waals surface area (Å²) in [6, 6.07) is 15.5. The Kier molecular flexibility index (Phi) is 5.36. The highest BCUT2D eigenvalue weighted by molar-refractivity contribution is 6.50. The fraction of sp³-hybridized carbons (Fsp3) is 0.231. The molecule has 2 amide bonds. The van der Waals surface area contributed by atoms with Gasteiger partial charge < -0.3 is 19.3 Å². The number of aliphatic hydroxyl groups is 2. The number of fused-ring (bicyclic) bond motifs is 2. The highest BCUT2D eigenvalue weighted by Crippen LogP contribution is 2.41. The summed E-state index contributed by atoms with van der Waals surface area (Å²) in [5.74, 6) is -0.814. The molecule has 3 heterocycles. The first-order chi connectivity index (χ1) is 16.1. The standard InChI is InChI=1S/C26H25N3O4/c1-2-27-15-19(17-7-3-5-9-21(17)27)23-24(26(33)29(12-14-31)25(23)32)20-16-28(11-13-30)22-10-6-4-8-18(20)22/h3-10,15-16,30-31H,2,11-14H2,1H3. The van der Waals surface area contributed by atoms with Gasteiger partial charge in [-0.05, 0) is 19.1 Å². The second-order valence-electron chi connectivity index (χ2n) is 8.06. The van der Waals surface area contributed by atoms with Crippen molar-refractivity contribution in [3.8, 4) is 0 Å². The number of imide groups is 1. The van der Waals surface area contributed by atoms with Gasteiger partial charge in [-0.2, -0.15) is 0 Å². The fourth-order valence-corrected chi connectivity index (χ4v) is 4.83. The molecule has 0 fully saturated rings. The highest BCUT2D eigenvalue weighted by atomic mass is 16.3. The van der Waals surface area contributed by atoms with E-state index in [4.69, 9.17) is 0 Å². The molecule has 0 atom stereocenters. The first kappa shape index (κ1) is 21.2. The zero-order valence-corrected chi connectivity index (χ0v) is 18.4. The van der Waals surface area contributed by atoms with Crippen molar-refractivity contribution in [1.82, 2.24) is 14.0 Å². The maximum Gasteiger partial charge on any atom is 0.262 e. The Balaban J connectivity index is 1.84. The number of aromatic nitrogens is 2. The van der Waals surface area contributed by atoms with Gasteiger partial charge in [-0.15, -0.1) is 0 Å². The average molecular weight is 444 g/mol. The molecule has 7 nitrogen and oxygen atoms in total. The summed E-state index contributed by atoms with van der Waals surface area (Å²) < 4.78 is 3.97. The quantitative estimate of drug-likeness (QED) is 0.430. The Bertz CT molecular complexity index is 1430. The summed E-state index contributed by atoms with van der Waals surface area (Å²) in [6.45, 7) is 2.72. The van der Waals surface area contributed by atoms with Crippen molar-refractivity contribution >= 4 is 44.8 Å². The van der Waals surface area contributed by atoms with Crippen LogP contribution in [-0.2, 0) is 22.7 Å².